The zero-order valence-corrected chi connectivity index (χ0v) is 7.68. The fourth-order valence-electron chi connectivity index (χ4n) is 0.609. The molecule has 0 spiro atoms. The number of hydrogen-bond acceptors (Lipinski definition) is 5. The van der Waals surface area contributed by atoms with Crippen LogP contribution in [0.5, 0.6) is 5.75 Å². The van der Waals surface area contributed by atoms with Crippen molar-refractivity contribution in [3.8, 4) is 5.75 Å². The highest BCUT2D eigenvalue weighted by atomic mass is 16.3. The Bertz CT molecular complexity index is 415. The molecule has 0 unspecified atom stereocenters. The van der Waals surface area contributed by atoms with E-state index in [4.69, 9.17) is 10.5 Å². The summed E-state index contributed by atoms with van der Waals surface area (Å²) in [5.41, 5.74) is 8.53. The lowest BCUT2D eigenvalue weighted by Gasteiger charge is -1.75. The highest BCUT2D eigenvalue weighted by Gasteiger charge is 1.92. The number of guanidine groups is 1. The summed E-state index contributed by atoms with van der Waals surface area (Å²) in [6.07, 6.45) is 0. The van der Waals surface area contributed by atoms with E-state index >= 15 is 0 Å². The van der Waals surface area contributed by atoms with Crippen LogP contribution in [-0.4, -0.2) is 11.1 Å². The molecule has 7 nitrogen and oxygen atoms in total. The number of nitroso groups, excluding NO2 is 1. The fraction of sp³-hybridized carbons (Fsp3) is 0. The summed E-state index contributed by atoms with van der Waals surface area (Å²) in [5, 5.41) is 17.5. The van der Waals surface area contributed by atoms with Gasteiger partial charge < -0.3 is 16.6 Å². The maximum absolute atomic E-state index is 10.7. The molecule has 0 atom stereocenters. The lowest BCUT2D eigenvalue weighted by atomic mass is 10.4. The van der Waals surface area contributed by atoms with Gasteiger partial charge in [-0.2, -0.15) is 0 Å². The van der Waals surface area contributed by atoms with E-state index in [0.29, 0.717) is 0 Å². The van der Waals surface area contributed by atoms with Crippen molar-refractivity contribution in [1.82, 2.24) is 0 Å². The molecule has 0 bridgehead atoms. The summed E-state index contributed by atoms with van der Waals surface area (Å²) in [7, 11) is 0. The Balaban J connectivity index is 0.000000423. The molecule has 0 saturated carbocycles. The van der Waals surface area contributed by atoms with Crippen LogP contribution in [0, 0.1) is 10.3 Å². The van der Waals surface area contributed by atoms with Gasteiger partial charge >= 0.3 is 0 Å². The number of aromatic hydroxyl groups is 1. The Labute approximate surface area is 84.8 Å². The minimum Gasteiger partial charge on any atom is -0.504 e. The van der Waals surface area contributed by atoms with E-state index in [0.717, 1.165) is 12.1 Å². The van der Waals surface area contributed by atoms with Crippen molar-refractivity contribution < 1.29 is 5.11 Å². The second-order valence-electron chi connectivity index (χ2n) is 2.39. The van der Waals surface area contributed by atoms with Gasteiger partial charge in [0.1, 0.15) is 5.69 Å². The summed E-state index contributed by atoms with van der Waals surface area (Å²) >= 11 is 0. The van der Waals surface area contributed by atoms with Crippen LogP contribution < -0.4 is 16.9 Å². The molecule has 7 heteroatoms. The first-order valence-corrected chi connectivity index (χ1v) is 3.73. The van der Waals surface area contributed by atoms with Gasteiger partial charge in [-0.15, -0.1) is 4.91 Å². The SMILES string of the molecule is N=C(N)N.O=Nc1ccc(O)c(=O)cc1. The minimum absolute atomic E-state index is 0.113. The summed E-state index contributed by atoms with van der Waals surface area (Å²) in [6.45, 7) is 0. The van der Waals surface area contributed by atoms with Gasteiger partial charge in [-0.25, -0.2) is 0 Å². The third-order valence-electron chi connectivity index (χ3n) is 1.18. The molecule has 0 fully saturated rings. The van der Waals surface area contributed by atoms with Gasteiger partial charge in [0, 0.05) is 0 Å². The molecule has 15 heavy (non-hydrogen) atoms. The normalized spacial score (nSPS) is 8.27. The van der Waals surface area contributed by atoms with Crippen molar-refractivity contribution >= 4 is 11.6 Å². The van der Waals surface area contributed by atoms with Crippen LogP contribution in [0.3, 0.4) is 0 Å². The number of nitrogens with two attached hydrogens (primary N) is 2. The molecule has 0 saturated heterocycles. The number of hydrogen-bond donors (Lipinski definition) is 4. The highest BCUT2D eigenvalue weighted by molar-refractivity contribution is 5.71. The van der Waals surface area contributed by atoms with Crippen LogP contribution in [0.25, 0.3) is 0 Å². The minimum atomic E-state index is -0.528. The van der Waals surface area contributed by atoms with Crippen LogP contribution in [0.1, 0.15) is 0 Å². The summed E-state index contributed by atoms with van der Waals surface area (Å²) < 4.78 is 0. The van der Waals surface area contributed by atoms with Crippen molar-refractivity contribution in [2.24, 2.45) is 16.6 Å². The molecule has 0 aromatic heterocycles. The van der Waals surface area contributed by atoms with Crippen molar-refractivity contribution in [3.05, 3.63) is 39.4 Å². The third kappa shape index (κ3) is 5.75. The zero-order chi connectivity index (χ0) is 11.8. The maximum Gasteiger partial charge on any atom is 0.220 e. The molecule has 0 radical (unpaired) electrons. The number of nitrogens with zero attached hydrogens (tertiary/aromatic N) is 1. The Morgan fingerprint density at radius 1 is 1.27 bits per heavy atom. The summed E-state index contributed by atoms with van der Waals surface area (Å²) in [6, 6.07) is 4.74. The van der Waals surface area contributed by atoms with Crippen LogP contribution in [0.2, 0.25) is 0 Å². The van der Waals surface area contributed by atoms with Gasteiger partial charge in [0.2, 0.25) is 5.43 Å². The van der Waals surface area contributed by atoms with Gasteiger partial charge in [-0.3, -0.25) is 10.2 Å². The number of rotatable bonds is 1. The molecule has 0 aliphatic carbocycles. The van der Waals surface area contributed by atoms with Crippen LogP contribution >= 0.6 is 0 Å². The zero-order valence-electron chi connectivity index (χ0n) is 7.68. The molecule has 1 aromatic rings. The van der Waals surface area contributed by atoms with Crippen LogP contribution in [0.4, 0.5) is 5.69 Å². The second kappa shape index (κ2) is 6.08. The van der Waals surface area contributed by atoms with Gasteiger partial charge in [0.15, 0.2) is 11.7 Å². The molecule has 1 aromatic carbocycles. The van der Waals surface area contributed by atoms with Crippen molar-refractivity contribution in [2.45, 2.75) is 0 Å². The largest absolute Gasteiger partial charge is 0.504 e. The predicted molar refractivity (Wildman–Crippen MR) is 55.9 cm³/mol. The number of nitrogens with one attached hydrogen (secondary N) is 1. The Hall–Kier alpha value is -2.44. The van der Waals surface area contributed by atoms with E-state index in [1.807, 2.05) is 0 Å². The molecule has 0 heterocycles. The van der Waals surface area contributed by atoms with E-state index in [-0.39, 0.29) is 17.4 Å². The maximum atomic E-state index is 10.7. The average molecular weight is 210 g/mol. The Morgan fingerprint density at radius 3 is 2.20 bits per heavy atom. The molecule has 0 aliphatic rings. The van der Waals surface area contributed by atoms with Gasteiger partial charge in [-0.05, 0) is 29.4 Å². The van der Waals surface area contributed by atoms with Crippen LogP contribution in [0.15, 0.2) is 34.2 Å². The van der Waals surface area contributed by atoms with Crippen molar-refractivity contribution in [3.63, 3.8) is 0 Å². The average Bonchev–Trinajstić information content (AvgIpc) is 2.30. The molecule has 1 rings (SSSR count). The Kier molecular flexibility index (Phi) is 5.09. The molecular weight excluding hydrogens is 200 g/mol. The van der Waals surface area contributed by atoms with E-state index in [2.05, 4.69) is 16.6 Å². The molecule has 0 aliphatic heterocycles. The fourth-order valence-corrected chi connectivity index (χ4v) is 0.609. The summed E-state index contributed by atoms with van der Waals surface area (Å²) in [4.78, 5) is 20.6. The van der Waals surface area contributed by atoms with Crippen molar-refractivity contribution in [2.75, 3.05) is 0 Å². The van der Waals surface area contributed by atoms with Crippen molar-refractivity contribution in [1.29, 1.82) is 5.41 Å². The van der Waals surface area contributed by atoms with E-state index in [9.17, 15) is 9.70 Å². The first-order valence-electron chi connectivity index (χ1n) is 3.73. The van der Waals surface area contributed by atoms with Gasteiger partial charge in [0.05, 0.1) is 0 Å². The highest BCUT2D eigenvalue weighted by Crippen LogP contribution is 2.09. The van der Waals surface area contributed by atoms with E-state index in [1.165, 1.54) is 12.1 Å². The third-order valence-corrected chi connectivity index (χ3v) is 1.18. The molecule has 0 amide bonds. The molecule has 80 valence electrons. The lowest BCUT2D eigenvalue weighted by molar-refractivity contribution is 0.471. The van der Waals surface area contributed by atoms with Gasteiger partial charge in [-0.1, -0.05) is 0 Å². The topological polar surface area (TPSA) is 143 Å². The molecule has 6 N–H and O–H groups in total. The quantitative estimate of drug-likeness (QED) is 0.293. The van der Waals surface area contributed by atoms with Gasteiger partial charge in [0.25, 0.3) is 0 Å². The first-order chi connectivity index (χ1) is 6.97. The summed E-state index contributed by atoms with van der Waals surface area (Å²) in [5.74, 6) is -0.722. The monoisotopic (exact) mass is 210 g/mol. The standard InChI is InChI=1S/C7H5NO3.CH5N3/c9-6-3-1-5(8-11)2-4-7(6)10;2-1(3)4/h1-4H,(H,9,10);(H5,2,3,4). The van der Waals surface area contributed by atoms with E-state index < -0.39 is 5.43 Å². The van der Waals surface area contributed by atoms with Crippen LogP contribution in [-0.2, 0) is 0 Å². The molecular formula is C8H10N4O3. The predicted octanol–water partition coefficient (Wildman–Crippen LogP) is -0.0111. The first kappa shape index (κ1) is 12.6. The second-order valence-corrected chi connectivity index (χ2v) is 2.39. The smallest absolute Gasteiger partial charge is 0.220 e. The van der Waals surface area contributed by atoms with E-state index in [1.54, 1.807) is 0 Å². The lowest BCUT2D eigenvalue weighted by Crippen LogP contribution is -2.20. The Morgan fingerprint density at radius 2 is 1.73 bits per heavy atom.